The standard InChI is InChI=1S/C12H24N2O3/c1-3-4-10(7-8-13)5-6-11(15)14(2)9-12(16)17/h10H,3-9,13H2,1-2H3,(H,16,17). The van der Waals surface area contributed by atoms with E-state index in [-0.39, 0.29) is 12.5 Å². The number of likely N-dealkylation sites (N-methyl/N-ethyl adjacent to an activating group) is 1. The first-order valence-corrected chi connectivity index (χ1v) is 6.17. The van der Waals surface area contributed by atoms with Gasteiger partial charge in [-0.15, -0.1) is 0 Å². The van der Waals surface area contributed by atoms with Crippen molar-refractivity contribution in [2.45, 2.75) is 39.0 Å². The van der Waals surface area contributed by atoms with Gasteiger partial charge in [-0.05, 0) is 25.3 Å². The van der Waals surface area contributed by atoms with E-state index in [9.17, 15) is 9.59 Å². The van der Waals surface area contributed by atoms with Crippen molar-refractivity contribution in [3.63, 3.8) is 0 Å². The molecular formula is C12H24N2O3. The molecule has 0 aromatic heterocycles. The summed E-state index contributed by atoms with van der Waals surface area (Å²) in [6.45, 7) is 2.53. The van der Waals surface area contributed by atoms with Gasteiger partial charge in [0.05, 0.1) is 0 Å². The fraction of sp³-hybridized carbons (Fsp3) is 0.833. The number of hydrogen-bond acceptors (Lipinski definition) is 3. The van der Waals surface area contributed by atoms with E-state index >= 15 is 0 Å². The Labute approximate surface area is 103 Å². The summed E-state index contributed by atoms with van der Waals surface area (Å²) < 4.78 is 0. The Hall–Kier alpha value is -1.10. The number of carboxylic acids is 1. The van der Waals surface area contributed by atoms with Crippen LogP contribution >= 0.6 is 0 Å². The van der Waals surface area contributed by atoms with E-state index < -0.39 is 5.97 Å². The van der Waals surface area contributed by atoms with E-state index in [1.165, 1.54) is 11.9 Å². The Morgan fingerprint density at radius 1 is 1.29 bits per heavy atom. The number of rotatable bonds is 9. The molecule has 5 heteroatoms. The van der Waals surface area contributed by atoms with Gasteiger partial charge in [0.2, 0.25) is 5.91 Å². The summed E-state index contributed by atoms with van der Waals surface area (Å²) in [5.74, 6) is -0.606. The second kappa shape index (κ2) is 8.98. The Bertz CT molecular complexity index is 238. The molecule has 100 valence electrons. The van der Waals surface area contributed by atoms with E-state index in [0.29, 0.717) is 18.9 Å². The van der Waals surface area contributed by atoms with Gasteiger partial charge in [0.15, 0.2) is 0 Å². The lowest BCUT2D eigenvalue weighted by atomic mass is 9.94. The van der Waals surface area contributed by atoms with Gasteiger partial charge in [-0.1, -0.05) is 19.8 Å². The molecule has 0 aliphatic heterocycles. The lowest BCUT2D eigenvalue weighted by Gasteiger charge is -2.18. The highest BCUT2D eigenvalue weighted by molar-refractivity contribution is 5.80. The number of carboxylic acid groups (broad SMARTS) is 1. The predicted molar refractivity (Wildman–Crippen MR) is 66.6 cm³/mol. The minimum Gasteiger partial charge on any atom is -0.480 e. The van der Waals surface area contributed by atoms with Crippen molar-refractivity contribution in [2.75, 3.05) is 20.1 Å². The third kappa shape index (κ3) is 7.74. The number of hydrogen-bond donors (Lipinski definition) is 2. The monoisotopic (exact) mass is 244 g/mol. The average Bonchev–Trinajstić information content (AvgIpc) is 2.25. The van der Waals surface area contributed by atoms with Crippen molar-refractivity contribution in [2.24, 2.45) is 11.7 Å². The molecule has 0 bridgehead atoms. The zero-order valence-electron chi connectivity index (χ0n) is 10.8. The van der Waals surface area contributed by atoms with Gasteiger partial charge in [0, 0.05) is 13.5 Å². The summed E-state index contributed by atoms with van der Waals surface area (Å²) in [5, 5.41) is 8.57. The van der Waals surface area contributed by atoms with Crippen molar-refractivity contribution in [3.05, 3.63) is 0 Å². The molecule has 0 fully saturated rings. The molecule has 0 aromatic carbocycles. The van der Waals surface area contributed by atoms with Crippen LogP contribution in [0.2, 0.25) is 0 Å². The fourth-order valence-electron chi connectivity index (χ4n) is 1.89. The summed E-state index contributed by atoms with van der Waals surface area (Å²) in [6, 6.07) is 0. The minimum atomic E-state index is -0.979. The zero-order valence-corrected chi connectivity index (χ0v) is 10.8. The van der Waals surface area contributed by atoms with Gasteiger partial charge in [0.25, 0.3) is 0 Å². The molecule has 17 heavy (non-hydrogen) atoms. The topological polar surface area (TPSA) is 83.6 Å². The molecule has 0 aliphatic rings. The van der Waals surface area contributed by atoms with Crippen molar-refractivity contribution >= 4 is 11.9 Å². The maximum Gasteiger partial charge on any atom is 0.323 e. The number of carbonyl (C=O) groups excluding carboxylic acids is 1. The highest BCUT2D eigenvalue weighted by atomic mass is 16.4. The molecular weight excluding hydrogens is 220 g/mol. The largest absolute Gasteiger partial charge is 0.480 e. The smallest absolute Gasteiger partial charge is 0.323 e. The Morgan fingerprint density at radius 2 is 1.94 bits per heavy atom. The number of aliphatic carboxylic acids is 1. The van der Waals surface area contributed by atoms with Gasteiger partial charge in [-0.25, -0.2) is 0 Å². The van der Waals surface area contributed by atoms with Crippen LogP contribution in [-0.2, 0) is 9.59 Å². The predicted octanol–water partition coefficient (Wildman–Crippen LogP) is 1.07. The van der Waals surface area contributed by atoms with Gasteiger partial charge < -0.3 is 15.7 Å². The van der Waals surface area contributed by atoms with Crippen LogP contribution < -0.4 is 5.73 Å². The van der Waals surface area contributed by atoms with Gasteiger partial charge in [-0.3, -0.25) is 9.59 Å². The number of amides is 1. The fourth-order valence-corrected chi connectivity index (χ4v) is 1.89. The van der Waals surface area contributed by atoms with Crippen LogP contribution in [0.5, 0.6) is 0 Å². The third-order valence-electron chi connectivity index (χ3n) is 2.84. The van der Waals surface area contributed by atoms with E-state index in [1.54, 1.807) is 0 Å². The lowest BCUT2D eigenvalue weighted by molar-refractivity contribution is -0.143. The number of nitrogens with zero attached hydrogens (tertiary/aromatic N) is 1. The third-order valence-corrected chi connectivity index (χ3v) is 2.84. The normalized spacial score (nSPS) is 12.2. The summed E-state index contributed by atoms with van der Waals surface area (Å²) in [6.07, 6.45) is 4.31. The number of carbonyl (C=O) groups is 2. The van der Waals surface area contributed by atoms with Crippen molar-refractivity contribution in [1.82, 2.24) is 4.90 Å². The molecule has 0 heterocycles. The molecule has 5 nitrogen and oxygen atoms in total. The molecule has 0 radical (unpaired) electrons. The second-order valence-corrected chi connectivity index (χ2v) is 4.41. The first kappa shape index (κ1) is 15.9. The van der Waals surface area contributed by atoms with Crippen LogP contribution in [0.15, 0.2) is 0 Å². The summed E-state index contributed by atoms with van der Waals surface area (Å²) in [5.41, 5.74) is 5.52. The Kier molecular flexibility index (Phi) is 8.40. The zero-order chi connectivity index (χ0) is 13.3. The van der Waals surface area contributed by atoms with Crippen molar-refractivity contribution in [1.29, 1.82) is 0 Å². The molecule has 1 amide bonds. The summed E-state index contributed by atoms with van der Waals surface area (Å²) in [4.78, 5) is 23.3. The molecule has 0 rings (SSSR count). The average molecular weight is 244 g/mol. The van der Waals surface area contributed by atoms with Crippen LogP contribution in [-0.4, -0.2) is 42.0 Å². The van der Waals surface area contributed by atoms with E-state index in [0.717, 1.165) is 25.7 Å². The quantitative estimate of drug-likeness (QED) is 0.635. The Morgan fingerprint density at radius 3 is 2.41 bits per heavy atom. The molecule has 0 saturated heterocycles. The van der Waals surface area contributed by atoms with E-state index in [2.05, 4.69) is 6.92 Å². The van der Waals surface area contributed by atoms with Gasteiger partial charge >= 0.3 is 5.97 Å². The lowest BCUT2D eigenvalue weighted by Crippen LogP contribution is -2.32. The van der Waals surface area contributed by atoms with E-state index in [4.69, 9.17) is 10.8 Å². The Balaban J connectivity index is 3.97. The maximum atomic E-state index is 11.6. The molecule has 3 N–H and O–H groups in total. The summed E-state index contributed by atoms with van der Waals surface area (Å²) in [7, 11) is 1.52. The van der Waals surface area contributed by atoms with Gasteiger partial charge in [-0.2, -0.15) is 0 Å². The minimum absolute atomic E-state index is 0.106. The van der Waals surface area contributed by atoms with Crippen LogP contribution in [0.4, 0.5) is 0 Å². The van der Waals surface area contributed by atoms with Crippen LogP contribution in [0.1, 0.15) is 39.0 Å². The van der Waals surface area contributed by atoms with Crippen LogP contribution in [0.25, 0.3) is 0 Å². The SMILES string of the molecule is CCCC(CCN)CCC(=O)N(C)CC(=O)O. The van der Waals surface area contributed by atoms with Crippen LogP contribution in [0, 0.1) is 5.92 Å². The van der Waals surface area contributed by atoms with E-state index in [1.807, 2.05) is 0 Å². The molecule has 1 unspecified atom stereocenters. The first-order valence-electron chi connectivity index (χ1n) is 6.17. The summed E-state index contributed by atoms with van der Waals surface area (Å²) >= 11 is 0. The molecule has 0 saturated carbocycles. The molecule has 0 aromatic rings. The van der Waals surface area contributed by atoms with Crippen molar-refractivity contribution < 1.29 is 14.7 Å². The maximum absolute atomic E-state index is 11.6. The second-order valence-electron chi connectivity index (χ2n) is 4.41. The molecule has 0 aliphatic carbocycles. The molecule has 0 spiro atoms. The molecule has 1 atom stereocenters. The van der Waals surface area contributed by atoms with Crippen LogP contribution in [0.3, 0.4) is 0 Å². The highest BCUT2D eigenvalue weighted by Crippen LogP contribution is 2.17. The highest BCUT2D eigenvalue weighted by Gasteiger charge is 2.14. The van der Waals surface area contributed by atoms with Gasteiger partial charge in [0.1, 0.15) is 6.54 Å². The number of nitrogens with two attached hydrogens (primary N) is 1. The van der Waals surface area contributed by atoms with Crippen molar-refractivity contribution in [3.8, 4) is 0 Å². The first-order chi connectivity index (χ1) is 8.01.